The number of benzene rings is 2. The molecule has 1 saturated carbocycles. The molecule has 0 bridgehead atoms. The summed E-state index contributed by atoms with van der Waals surface area (Å²) in [7, 11) is 0. The quantitative estimate of drug-likeness (QED) is 0.850. The van der Waals surface area contributed by atoms with Crippen molar-refractivity contribution in [1.29, 1.82) is 0 Å². The van der Waals surface area contributed by atoms with Gasteiger partial charge in [-0.3, -0.25) is 4.79 Å². The van der Waals surface area contributed by atoms with Crippen LogP contribution in [0.15, 0.2) is 36.4 Å². The lowest BCUT2D eigenvalue weighted by molar-refractivity contribution is -0.139. The number of carbonyl (C=O) groups is 1. The first-order valence-electron chi connectivity index (χ1n) is 7.34. The maximum absolute atomic E-state index is 12.6. The second-order valence-electron chi connectivity index (χ2n) is 5.92. The van der Waals surface area contributed by atoms with Crippen LogP contribution < -0.4 is 9.47 Å². The number of rotatable bonds is 3. The standard InChI is InChI=1S/C17H10ClF3O4/c18-10-5-7(17(19,20)21)1-4-11(10)24-8-2-3-9-12(6-8)25-15-13(9)14(15)16(22)23/h1-6,13-15H,(H,22,23)/t13-,14?,15?/m1/s1. The summed E-state index contributed by atoms with van der Waals surface area (Å²) in [6, 6.07) is 7.72. The Hall–Kier alpha value is -2.41. The molecule has 0 saturated heterocycles. The maximum atomic E-state index is 12.6. The molecule has 2 aromatic carbocycles. The van der Waals surface area contributed by atoms with Gasteiger partial charge < -0.3 is 14.6 Å². The Morgan fingerprint density at radius 1 is 1.20 bits per heavy atom. The molecule has 1 N–H and O–H groups in total. The first-order valence-corrected chi connectivity index (χ1v) is 7.71. The van der Waals surface area contributed by atoms with Crippen molar-refractivity contribution < 1.29 is 32.5 Å². The van der Waals surface area contributed by atoms with Gasteiger partial charge in [0.15, 0.2) is 0 Å². The Morgan fingerprint density at radius 2 is 1.96 bits per heavy atom. The van der Waals surface area contributed by atoms with Gasteiger partial charge in [-0.25, -0.2) is 0 Å². The van der Waals surface area contributed by atoms with E-state index in [0.29, 0.717) is 11.5 Å². The summed E-state index contributed by atoms with van der Waals surface area (Å²) in [6.45, 7) is 0. The molecule has 1 aliphatic heterocycles. The van der Waals surface area contributed by atoms with Gasteiger partial charge in [-0.2, -0.15) is 13.2 Å². The van der Waals surface area contributed by atoms with Gasteiger partial charge in [-0.05, 0) is 24.3 Å². The highest BCUT2D eigenvalue weighted by atomic mass is 35.5. The monoisotopic (exact) mass is 370 g/mol. The van der Waals surface area contributed by atoms with Crippen LogP contribution >= 0.6 is 11.6 Å². The third-order valence-corrected chi connectivity index (χ3v) is 4.63. The fourth-order valence-electron chi connectivity index (χ4n) is 3.08. The van der Waals surface area contributed by atoms with Crippen LogP contribution in [0.25, 0.3) is 0 Å². The van der Waals surface area contributed by atoms with Crippen molar-refractivity contribution in [2.75, 3.05) is 0 Å². The zero-order valence-electron chi connectivity index (χ0n) is 12.4. The van der Waals surface area contributed by atoms with Crippen molar-refractivity contribution >= 4 is 17.6 Å². The predicted molar refractivity (Wildman–Crippen MR) is 81.3 cm³/mol. The highest BCUT2D eigenvalue weighted by Crippen LogP contribution is 2.59. The number of ether oxygens (including phenoxy) is 2. The molecule has 1 fully saturated rings. The molecule has 0 aromatic heterocycles. The summed E-state index contributed by atoms with van der Waals surface area (Å²) in [5.41, 5.74) is -0.0646. The van der Waals surface area contributed by atoms with Crippen LogP contribution in [-0.4, -0.2) is 17.2 Å². The van der Waals surface area contributed by atoms with Crippen LogP contribution in [0.5, 0.6) is 17.2 Å². The lowest BCUT2D eigenvalue weighted by atomic mass is 10.1. The molecule has 2 aromatic rings. The van der Waals surface area contributed by atoms with Crippen molar-refractivity contribution in [2.24, 2.45) is 5.92 Å². The SMILES string of the molecule is O=C(O)C1C2Oc3cc(Oc4ccc(C(F)(F)F)cc4Cl)ccc3[C@@H]21. The van der Waals surface area contributed by atoms with E-state index >= 15 is 0 Å². The van der Waals surface area contributed by atoms with E-state index in [2.05, 4.69) is 0 Å². The lowest BCUT2D eigenvalue weighted by Crippen LogP contribution is -2.08. The third kappa shape index (κ3) is 2.68. The van der Waals surface area contributed by atoms with Gasteiger partial charge in [0, 0.05) is 17.5 Å². The summed E-state index contributed by atoms with van der Waals surface area (Å²) < 4.78 is 49.1. The van der Waals surface area contributed by atoms with Gasteiger partial charge in [-0.1, -0.05) is 17.7 Å². The van der Waals surface area contributed by atoms with Crippen molar-refractivity contribution in [3.8, 4) is 17.2 Å². The van der Waals surface area contributed by atoms with E-state index in [0.717, 1.165) is 23.8 Å². The summed E-state index contributed by atoms with van der Waals surface area (Å²) in [5, 5.41) is 8.88. The molecule has 2 unspecified atom stereocenters. The first kappa shape index (κ1) is 16.1. The Labute approximate surface area is 144 Å². The number of halogens is 4. The smallest absolute Gasteiger partial charge is 0.416 e. The fourth-order valence-corrected chi connectivity index (χ4v) is 3.30. The molecule has 1 aliphatic carbocycles. The van der Waals surface area contributed by atoms with Crippen LogP contribution in [0, 0.1) is 5.92 Å². The van der Waals surface area contributed by atoms with Gasteiger partial charge >= 0.3 is 12.1 Å². The molecule has 1 heterocycles. The van der Waals surface area contributed by atoms with E-state index in [1.165, 1.54) is 0 Å². The summed E-state index contributed by atoms with van der Waals surface area (Å²) in [5.74, 6) is -0.625. The van der Waals surface area contributed by atoms with Gasteiger partial charge in [0.1, 0.15) is 29.3 Å². The Kier molecular flexibility index (Phi) is 3.40. The van der Waals surface area contributed by atoms with Gasteiger partial charge in [0.25, 0.3) is 0 Å². The molecule has 2 aliphatic rings. The van der Waals surface area contributed by atoms with Crippen molar-refractivity contribution in [2.45, 2.75) is 18.2 Å². The normalized spacial score (nSPS) is 23.4. The largest absolute Gasteiger partial charge is 0.488 e. The minimum Gasteiger partial charge on any atom is -0.488 e. The van der Waals surface area contributed by atoms with E-state index in [9.17, 15) is 18.0 Å². The first-order chi connectivity index (χ1) is 11.8. The summed E-state index contributed by atoms with van der Waals surface area (Å²) in [6.07, 6.45) is -4.84. The molecule has 4 nitrogen and oxygen atoms in total. The second-order valence-corrected chi connectivity index (χ2v) is 6.32. The van der Waals surface area contributed by atoms with Crippen molar-refractivity contribution in [3.05, 3.63) is 52.5 Å². The molecule has 130 valence electrons. The Balaban J connectivity index is 1.55. The van der Waals surface area contributed by atoms with Gasteiger partial charge in [0.2, 0.25) is 0 Å². The van der Waals surface area contributed by atoms with Crippen LogP contribution in [-0.2, 0) is 11.0 Å². The molecule has 4 rings (SSSR count). The molecule has 3 atom stereocenters. The van der Waals surface area contributed by atoms with Gasteiger partial charge in [-0.15, -0.1) is 0 Å². The zero-order valence-corrected chi connectivity index (χ0v) is 13.1. The molecular weight excluding hydrogens is 361 g/mol. The fraction of sp³-hybridized carbons (Fsp3) is 0.235. The Morgan fingerprint density at radius 3 is 2.60 bits per heavy atom. The summed E-state index contributed by atoms with van der Waals surface area (Å²) >= 11 is 5.87. The molecular formula is C17H10ClF3O4. The van der Waals surface area contributed by atoms with E-state index < -0.39 is 23.6 Å². The van der Waals surface area contributed by atoms with E-state index in [1.54, 1.807) is 18.2 Å². The van der Waals surface area contributed by atoms with Crippen LogP contribution in [0.3, 0.4) is 0 Å². The number of carboxylic acid groups (broad SMARTS) is 1. The average molecular weight is 371 g/mol. The lowest BCUT2D eigenvalue weighted by Gasteiger charge is -2.12. The highest BCUT2D eigenvalue weighted by Gasteiger charge is 2.63. The Bertz CT molecular complexity index is 881. The minimum atomic E-state index is -4.48. The number of aliphatic carboxylic acids is 1. The number of fused-ring (bicyclic) bond motifs is 3. The number of alkyl halides is 3. The van der Waals surface area contributed by atoms with Crippen LogP contribution in [0.2, 0.25) is 5.02 Å². The van der Waals surface area contributed by atoms with Crippen molar-refractivity contribution in [1.82, 2.24) is 0 Å². The molecule has 8 heteroatoms. The van der Waals surface area contributed by atoms with Crippen molar-refractivity contribution in [3.63, 3.8) is 0 Å². The minimum absolute atomic E-state index is 0.0844. The summed E-state index contributed by atoms with van der Waals surface area (Å²) in [4.78, 5) is 11.0. The van der Waals surface area contributed by atoms with Crippen LogP contribution in [0.1, 0.15) is 17.0 Å². The number of carboxylic acids is 1. The second kappa shape index (κ2) is 5.29. The van der Waals surface area contributed by atoms with Gasteiger partial charge in [0.05, 0.1) is 10.6 Å². The van der Waals surface area contributed by atoms with Crippen LogP contribution in [0.4, 0.5) is 13.2 Å². The van der Waals surface area contributed by atoms with E-state index in [-0.39, 0.29) is 22.8 Å². The topological polar surface area (TPSA) is 55.8 Å². The highest BCUT2D eigenvalue weighted by molar-refractivity contribution is 6.32. The maximum Gasteiger partial charge on any atom is 0.416 e. The van der Waals surface area contributed by atoms with E-state index in [4.69, 9.17) is 26.2 Å². The molecule has 0 spiro atoms. The number of hydrogen-bond donors (Lipinski definition) is 1. The average Bonchev–Trinajstić information content (AvgIpc) is 3.12. The predicted octanol–water partition coefficient (Wildman–Crippen LogP) is 4.71. The zero-order chi connectivity index (χ0) is 17.9. The molecule has 0 amide bonds. The molecule has 0 radical (unpaired) electrons. The third-order valence-electron chi connectivity index (χ3n) is 4.33. The molecule has 25 heavy (non-hydrogen) atoms. The number of hydrogen-bond acceptors (Lipinski definition) is 3. The van der Waals surface area contributed by atoms with E-state index in [1.807, 2.05) is 0 Å².